The Morgan fingerprint density at radius 3 is 2.80 bits per heavy atom. The van der Waals surface area contributed by atoms with Crippen LogP contribution >= 0.6 is 11.3 Å². The van der Waals surface area contributed by atoms with E-state index >= 15 is 0 Å². The van der Waals surface area contributed by atoms with E-state index in [0.717, 1.165) is 15.1 Å². The van der Waals surface area contributed by atoms with Crippen molar-refractivity contribution in [3.8, 4) is 0 Å². The first-order valence-electron chi connectivity index (χ1n) is 6.09. The van der Waals surface area contributed by atoms with Crippen molar-refractivity contribution in [2.24, 2.45) is 5.14 Å². The lowest BCUT2D eigenvalue weighted by Crippen LogP contribution is -2.19. The SMILES string of the molecule is CNc1nc(NCCCS(N)(=O)=O)c2cc(C)sc2n1. The third kappa shape index (κ3) is 3.78. The molecule has 0 aliphatic rings. The highest BCUT2D eigenvalue weighted by Gasteiger charge is 2.10. The first-order valence-corrected chi connectivity index (χ1v) is 8.62. The highest BCUT2D eigenvalue weighted by atomic mass is 32.2. The minimum atomic E-state index is -3.41. The Labute approximate surface area is 121 Å². The van der Waals surface area contributed by atoms with Gasteiger partial charge in [-0.2, -0.15) is 4.98 Å². The van der Waals surface area contributed by atoms with Crippen molar-refractivity contribution in [2.45, 2.75) is 13.3 Å². The van der Waals surface area contributed by atoms with Gasteiger partial charge in [-0.15, -0.1) is 11.3 Å². The Kier molecular flexibility index (Phi) is 4.41. The average molecular weight is 315 g/mol. The van der Waals surface area contributed by atoms with Gasteiger partial charge in [0.2, 0.25) is 16.0 Å². The Morgan fingerprint density at radius 1 is 1.40 bits per heavy atom. The second kappa shape index (κ2) is 5.90. The normalized spacial score (nSPS) is 11.8. The number of nitrogens with two attached hydrogens (primary N) is 1. The van der Waals surface area contributed by atoms with Gasteiger partial charge in [0.15, 0.2) is 0 Å². The molecule has 0 bridgehead atoms. The number of hydrogen-bond donors (Lipinski definition) is 3. The minimum absolute atomic E-state index is 0.0459. The molecule has 20 heavy (non-hydrogen) atoms. The summed E-state index contributed by atoms with van der Waals surface area (Å²) < 4.78 is 21.7. The number of sulfonamides is 1. The van der Waals surface area contributed by atoms with E-state index in [2.05, 4.69) is 20.6 Å². The van der Waals surface area contributed by atoms with Crippen molar-refractivity contribution >= 4 is 43.3 Å². The van der Waals surface area contributed by atoms with E-state index in [0.29, 0.717) is 24.7 Å². The zero-order valence-electron chi connectivity index (χ0n) is 11.3. The van der Waals surface area contributed by atoms with Crippen LogP contribution in [0.1, 0.15) is 11.3 Å². The van der Waals surface area contributed by atoms with Gasteiger partial charge in [0.05, 0.1) is 11.1 Å². The summed E-state index contributed by atoms with van der Waals surface area (Å²) in [6.45, 7) is 2.50. The fourth-order valence-corrected chi connectivity index (χ4v) is 3.19. The summed E-state index contributed by atoms with van der Waals surface area (Å²) in [5.41, 5.74) is 0. The predicted octanol–water partition coefficient (Wildman–Crippen LogP) is 1.13. The standard InChI is InChI=1S/C11H17N5O2S2/c1-7-6-8-9(14-4-3-5-20(12,17)18)15-11(13-2)16-10(8)19-7/h6H,3-5H2,1-2H3,(H2,12,17,18)(H2,13,14,15,16). The van der Waals surface area contributed by atoms with Crippen molar-refractivity contribution in [3.63, 3.8) is 0 Å². The summed E-state index contributed by atoms with van der Waals surface area (Å²) in [5.74, 6) is 1.20. The van der Waals surface area contributed by atoms with Crippen LogP contribution in [0.15, 0.2) is 6.07 Å². The van der Waals surface area contributed by atoms with Crippen LogP contribution in [0.3, 0.4) is 0 Å². The molecule has 0 atom stereocenters. The Hall–Kier alpha value is -1.45. The molecule has 0 aromatic carbocycles. The van der Waals surface area contributed by atoms with Crippen LogP contribution in [-0.4, -0.2) is 37.7 Å². The molecule has 0 radical (unpaired) electrons. The third-order valence-corrected chi connectivity index (χ3v) is 4.44. The third-order valence-electron chi connectivity index (χ3n) is 2.64. The lowest BCUT2D eigenvalue weighted by Gasteiger charge is -2.08. The van der Waals surface area contributed by atoms with Crippen LogP contribution < -0.4 is 15.8 Å². The maximum Gasteiger partial charge on any atom is 0.225 e. The number of aromatic nitrogens is 2. The van der Waals surface area contributed by atoms with Gasteiger partial charge in [0, 0.05) is 18.5 Å². The summed E-state index contributed by atoms with van der Waals surface area (Å²) >= 11 is 1.59. The number of rotatable bonds is 6. The van der Waals surface area contributed by atoms with E-state index in [9.17, 15) is 8.42 Å². The van der Waals surface area contributed by atoms with Gasteiger partial charge < -0.3 is 10.6 Å². The molecule has 0 amide bonds. The van der Waals surface area contributed by atoms with Crippen LogP contribution in [0.2, 0.25) is 0 Å². The summed E-state index contributed by atoms with van der Waals surface area (Å²) in [7, 11) is -1.66. The second-order valence-corrected chi connectivity index (χ2v) is 7.34. The number of thiophene rings is 1. The topological polar surface area (TPSA) is 110 Å². The van der Waals surface area contributed by atoms with Crippen molar-refractivity contribution in [3.05, 3.63) is 10.9 Å². The van der Waals surface area contributed by atoms with Gasteiger partial charge in [-0.05, 0) is 19.4 Å². The number of anilines is 2. The first kappa shape index (κ1) is 14.9. The first-order chi connectivity index (χ1) is 9.39. The molecule has 0 saturated heterocycles. The molecule has 2 heterocycles. The van der Waals surface area contributed by atoms with Crippen molar-refractivity contribution in [1.82, 2.24) is 9.97 Å². The number of hydrogen-bond acceptors (Lipinski definition) is 7. The molecule has 2 rings (SSSR count). The number of fused-ring (bicyclic) bond motifs is 1. The molecular weight excluding hydrogens is 298 g/mol. The Bertz CT molecular complexity index is 711. The summed E-state index contributed by atoms with van der Waals surface area (Å²) in [6, 6.07) is 2.02. The molecule has 0 saturated carbocycles. The highest BCUT2D eigenvalue weighted by Crippen LogP contribution is 2.29. The van der Waals surface area contributed by atoms with Gasteiger partial charge in [0.1, 0.15) is 10.6 Å². The van der Waals surface area contributed by atoms with Crippen LogP contribution in [0, 0.1) is 6.92 Å². The Morgan fingerprint density at radius 2 is 2.15 bits per heavy atom. The number of primary sulfonamides is 1. The maximum atomic E-state index is 10.9. The van der Waals surface area contributed by atoms with E-state index in [-0.39, 0.29) is 5.75 Å². The number of aryl methyl sites for hydroxylation is 1. The molecule has 0 fully saturated rings. The van der Waals surface area contributed by atoms with Crippen molar-refractivity contribution < 1.29 is 8.42 Å². The molecule has 0 aliphatic carbocycles. The van der Waals surface area contributed by atoms with Gasteiger partial charge in [0.25, 0.3) is 0 Å². The van der Waals surface area contributed by atoms with Crippen LogP contribution in [0.25, 0.3) is 10.2 Å². The van der Waals surface area contributed by atoms with Gasteiger partial charge in [-0.3, -0.25) is 0 Å². The van der Waals surface area contributed by atoms with Gasteiger partial charge in [-0.1, -0.05) is 0 Å². The quantitative estimate of drug-likeness (QED) is 0.689. The average Bonchev–Trinajstić information content (AvgIpc) is 2.73. The van der Waals surface area contributed by atoms with E-state index in [1.165, 1.54) is 0 Å². The fraction of sp³-hybridized carbons (Fsp3) is 0.455. The fourth-order valence-electron chi connectivity index (χ4n) is 1.77. The summed E-state index contributed by atoms with van der Waals surface area (Å²) in [4.78, 5) is 10.8. The Balaban J connectivity index is 2.15. The van der Waals surface area contributed by atoms with E-state index in [1.54, 1.807) is 18.4 Å². The zero-order valence-corrected chi connectivity index (χ0v) is 12.9. The van der Waals surface area contributed by atoms with Gasteiger partial charge >= 0.3 is 0 Å². The summed E-state index contributed by atoms with van der Waals surface area (Å²) in [5, 5.41) is 12.0. The lowest BCUT2D eigenvalue weighted by molar-refractivity contribution is 0.596. The van der Waals surface area contributed by atoms with Gasteiger partial charge in [-0.25, -0.2) is 18.5 Å². The molecule has 110 valence electrons. The maximum absolute atomic E-state index is 10.9. The predicted molar refractivity (Wildman–Crippen MR) is 82.8 cm³/mol. The number of nitrogens with one attached hydrogen (secondary N) is 2. The van der Waals surface area contributed by atoms with Crippen LogP contribution in [0.4, 0.5) is 11.8 Å². The van der Waals surface area contributed by atoms with E-state index < -0.39 is 10.0 Å². The second-order valence-electron chi connectivity index (χ2n) is 4.37. The molecule has 7 nitrogen and oxygen atoms in total. The molecule has 4 N–H and O–H groups in total. The van der Waals surface area contributed by atoms with Crippen molar-refractivity contribution in [2.75, 3.05) is 30.0 Å². The summed E-state index contributed by atoms with van der Waals surface area (Å²) in [6.07, 6.45) is 0.433. The largest absolute Gasteiger partial charge is 0.369 e. The molecule has 0 unspecified atom stereocenters. The zero-order chi connectivity index (χ0) is 14.8. The number of nitrogens with zero attached hydrogens (tertiary/aromatic N) is 2. The monoisotopic (exact) mass is 315 g/mol. The molecule has 2 aromatic heterocycles. The van der Waals surface area contributed by atoms with Crippen LogP contribution in [0.5, 0.6) is 0 Å². The molecule has 0 aliphatic heterocycles. The van der Waals surface area contributed by atoms with Crippen LogP contribution in [-0.2, 0) is 10.0 Å². The van der Waals surface area contributed by atoms with E-state index in [1.807, 2.05) is 13.0 Å². The molecule has 0 spiro atoms. The minimum Gasteiger partial charge on any atom is -0.369 e. The molecular formula is C11H17N5O2S2. The molecule has 9 heteroatoms. The molecule has 2 aromatic rings. The lowest BCUT2D eigenvalue weighted by atomic mass is 10.3. The highest BCUT2D eigenvalue weighted by molar-refractivity contribution is 7.89. The van der Waals surface area contributed by atoms with Crippen molar-refractivity contribution in [1.29, 1.82) is 0 Å². The smallest absolute Gasteiger partial charge is 0.225 e. The van der Waals surface area contributed by atoms with E-state index in [4.69, 9.17) is 5.14 Å².